The minimum Gasteiger partial charge on any atom is -0.491 e. The number of aryl methyl sites for hydroxylation is 1. The summed E-state index contributed by atoms with van der Waals surface area (Å²) in [6.07, 6.45) is 14.8. The maximum absolute atomic E-state index is 14.3. The fraction of sp³-hybridized carbons (Fsp3) is 0.657. The minimum atomic E-state index is -0.976. The second-order valence-corrected chi connectivity index (χ2v) is 12.6. The van der Waals surface area contributed by atoms with Crippen LogP contribution in [0.3, 0.4) is 0 Å². The highest BCUT2D eigenvalue weighted by Crippen LogP contribution is 2.47. The molecule has 3 aliphatic carbocycles. The fourth-order valence-corrected chi connectivity index (χ4v) is 7.52. The van der Waals surface area contributed by atoms with Crippen molar-refractivity contribution in [1.82, 2.24) is 0 Å². The molecule has 4 atom stereocenters. The monoisotopic (exact) mass is 554 g/mol. The predicted molar refractivity (Wildman–Crippen MR) is 156 cm³/mol. The van der Waals surface area contributed by atoms with Gasteiger partial charge < -0.3 is 14.2 Å². The predicted octanol–water partition coefficient (Wildman–Crippen LogP) is 9.27. The average Bonchev–Trinajstić information content (AvgIpc) is 2.99. The summed E-state index contributed by atoms with van der Waals surface area (Å²) >= 11 is 0. The van der Waals surface area contributed by atoms with E-state index < -0.39 is 11.6 Å². The Morgan fingerprint density at radius 1 is 0.675 bits per heavy atom. The number of hydrogen-bond donors (Lipinski definition) is 0. The molecular formula is C35H48F2O3. The molecule has 5 heteroatoms. The Morgan fingerprint density at radius 3 is 2.02 bits per heavy atom. The van der Waals surface area contributed by atoms with Gasteiger partial charge in [-0.1, -0.05) is 37.6 Å². The van der Waals surface area contributed by atoms with E-state index in [4.69, 9.17) is 14.2 Å². The molecule has 0 aromatic heterocycles. The van der Waals surface area contributed by atoms with E-state index in [1.165, 1.54) is 69.1 Å². The molecule has 3 fully saturated rings. The normalized spacial score (nSPS) is 28.6. The molecule has 220 valence electrons. The molecule has 0 spiro atoms. The highest BCUT2D eigenvalue weighted by Gasteiger charge is 2.36. The minimum absolute atomic E-state index is 0.0335. The molecule has 3 aliphatic rings. The van der Waals surface area contributed by atoms with Crippen molar-refractivity contribution in [2.75, 3.05) is 19.8 Å². The van der Waals surface area contributed by atoms with Gasteiger partial charge >= 0.3 is 0 Å². The molecule has 0 amide bonds. The van der Waals surface area contributed by atoms with E-state index in [0.29, 0.717) is 31.2 Å². The van der Waals surface area contributed by atoms with Gasteiger partial charge in [0.25, 0.3) is 0 Å². The Balaban J connectivity index is 0.995. The summed E-state index contributed by atoms with van der Waals surface area (Å²) in [5.74, 6) is 1.50. The first-order valence-electron chi connectivity index (χ1n) is 16.0. The molecule has 2 aromatic carbocycles. The van der Waals surface area contributed by atoms with Gasteiger partial charge in [-0.25, -0.2) is 0 Å². The van der Waals surface area contributed by atoms with Gasteiger partial charge in [-0.15, -0.1) is 0 Å². The first kappa shape index (κ1) is 29.4. The Hall–Kier alpha value is -2.14. The first-order chi connectivity index (χ1) is 19.5. The van der Waals surface area contributed by atoms with E-state index in [0.717, 1.165) is 50.0 Å². The summed E-state index contributed by atoms with van der Waals surface area (Å²) in [4.78, 5) is 0. The van der Waals surface area contributed by atoms with Crippen LogP contribution in [0.15, 0.2) is 36.4 Å². The Bertz CT molecular complexity index is 1060. The van der Waals surface area contributed by atoms with Gasteiger partial charge in [-0.2, -0.15) is 8.78 Å². The van der Waals surface area contributed by atoms with Crippen LogP contribution < -0.4 is 9.47 Å². The van der Waals surface area contributed by atoms with Crippen molar-refractivity contribution >= 4 is 0 Å². The molecule has 0 heterocycles. The molecule has 0 saturated heterocycles. The molecule has 0 aliphatic heterocycles. The second kappa shape index (κ2) is 14.2. The van der Waals surface area contributed by atoms with Crippen molar-refractivity contribution in [1.29, 1.82) is 0 Å². The van der Waals surface area contributed by atoms with Gasteiger partial charge in [0.05, 0.1) is 19.3 Å². The Kier molecular flexibility index (Phi) is 10.4. The van der Waals surface area contributed by atoms with Crippen LogP contribution >= 0.6 is 0 Å². The second-order valence-electron chi connectivity index (χ2n) is 12.6. The zero-order valence-corrected chi connectivity index (χ0v) is 24.5. The summed E-state index contributed by atoms with van der Waals surface area (Å²) in [6, 6.07) is 12.4. The number of ether oxygens (including phenoxy) is 3. The van der Waals surface area contributed by atoms with Gasteiger partial charge in [0, 0.05) is 6.61 Å². The summed E-state index contributed by atoms with van der Waals surface area (Å²) in [5, 5.41) is 0. The van der Waals surface area contributed by atoms with Crippen LogP contribution in [-0.4, -0.2) is 25.9 Å². The van der Waals surface area contributed by atoms with Crippen molar-refractivity contribution < 1.29 is 23.0 Å². The van der Waals surface area contributed by atoms with Crippen molar-refractivity contribution in [3.8, 4) is 11.5 Å². The van der Waals surface area contributed by atoms with Crippen LogP contribution in [0.1, 0.15) is 102 Å². The van der Waals surface area contributed by atoms with Crippen LogP contribution in [0.2, 0.25) is 0 Å². The van der Waals surface area contributed by atoms with E-state index in [1.54, 1.807) is 12.5 Å². The number of hydrogen-bond acceptors (Lipinski definition) is 3. The molecule has 0 N–H and O–H groups in total. The van der Waals surface area contributed by atoms with Crippen molar-refractivity contribution in [2.45, 2.75) is 103 Å². The van der Waals surface area contributed by atoms with Crippen LogP contribution in [0.25, 0.3) is 0 Å². The van der Waals surface area contributed by atoms with Gasteiger partial charge in [-0.3, -0.25) is 0 Å². The maximum Gasteiger partial charge on any atom is 0.204 e. The number of fused-ring (bicyclic) bond motifs is 1. The van der Waals surface area contributed by atoms with Crippen molar-refractivity contribution in [3.63, 3.8) is 0 Å². The average molecular weight is 555 g/mol. The lowest BCUT2D eigenvalue weighted by Crippen LogP contribution is -2.33. The standard InChI is InChI=1S/C35H48F2O3/c1-3-5-24-6-11-27(12-7-24)29-15-14-28-20-26(8-13-30(28)21-29)23-39-31-16-9-25(10-17-31)22-40-33-19-18-32(38-4-2)34(36)35(33)37/h6-7,11-12,18-19,25-26,28-31H,3-5,8-10,13-17,20-23H2,1-2H3. The largest absolute Gasteiger partial charge is 0.491 e. The fourth-order valence-electron chi connectivity index (χ4n) is 7.52. The summed E-state index contributed by atoms with van der Waals surface area (Å²) in [5.41, 5.74) is 3.03. The molecule has 40 heavy (non-hydrogen) atoms. The van der Waals surface area contributed by atoms with Crippen molar-refractivity contribution in [3.05, 3.63) is 59.2 Å². The van der Waals surface area contributed by atoms with Gasteiger partial charge in [0.2, 0.25) is 11.6 Å². The van der Waals surface area contributed by atoms with E-state index in [-0.39, 0.29) is 11.5 Å². The maximum atomic E-state index is 14.3. The quantitative estimate of drug-likeness (QED) is 0.277. The summed E-state index contributed by atoms with van der Waals surface area (Å²) < 4.78 is 45.7. The molecular weight excluding hydrogens is 506 g/mol. The van der Waals surface area contributed by atoms with Gasteiger partial charge in [-0.05, 0) is 130 Å². The topological polar surface area (TPSA) is 27.7 Å². The Labute approximate surface area is 240 Å². The molecule has 2 aromatic rings. The summed E-state index contributed by atoms with van der Waals surface area (Å²) in [7, 11) is 0. The molecule has 5 rings (SSSR count). The highest BCUT2D eigenvalue weighted by molar-refractivity contribution is 5.35. The zero-order valence-electron chi connectivity index (χ0n) is 24.5. The molecule has 3 saturated carbocycles. The SMILES string of the molecule is CCCc1ccc(C2CCC3CC(COC4CCC(COc5ccc(OCC)c(F)c5F)CC4)CCC3C2)cc1. The number of benzene rings is 2. The molecule has 3 nitrogen and oxygen atoms in total. The van der Waals surface area contributed by atoms with Gasteiger partial charge in [0.1, 0.15) is 0 Å². The van der Waals surface area contributed by atoms with Crippen LogP contribution in [0.5, 0.6) is 11.5 Å². The van der Waals surface area contributed by atoms with E-state index in [9.17, 15) is 8.78 Å². The van der Waals surface area contributed by atoms with Crippen molar-refractivity contribution in [2.24, 2.45) is 23.7 Å². The lowest BCUT2D eigenvalue weighted by Gasteiger charge is -2.42. The third-order valence-corrected chi connectivity index (χ3v) is 9.86. The zero-order chi connectivity index (χ0) is 27.9. The molecule has 0 radical (unpaired) electrons. The van der Waals surface area contributed by atoms with E-state index in [1.807, 2.05) is 0 Å². The third-order valence-electron chi connectivity index (χ3n) is 9.86. The van der Waals surface area contributed by atoms with Crippen LogP contribution in [0, 0.1) is 35.3 Å². The number of rotatable bonds is 11. The van der Waals surface area contributed by atoms with E-state index >= 15 is 0 Å². The molecule has 0 bridgehead atoms. The highest BCUT2D eigenvalue weighted by atomic mass is 19.2. The van der Waals surface area contributed by atoms with Gasteiger partial charge in [0.15, 0.2) is 11.5 Å². The van der Waals surface area contributed by atoms with Crippen LogP contribution in [0.4, 0.5) is 8.78 Å². The van der Waals surface area contributed by atoms with Crippen LogP contribution in [-0.2, 0) is 11.2 Å². The Morgan fingerprint density at radius 2 is 1.32 bits per heavy atom. The van der Waals surface area contributed by atoms with E-state index in [2.05, 4.69) is 31.2 Å². The first-order valence-corrected chi connectivity index (χ1v) is 16.0. The molecule has 4 unspecified atom stereocenters. The number of halogens is 2. The summed E-state index contributed by atoms with van der Waals surface area (Å²) in [6.45, 7) is 5.59. The third kappa shape index (κ3) is 7.38. The smallest absolute Gasteiger partial charge is 0.204 e. The lowest BCUT2D eigenvalue weighted by molar-refractivity contribution is -0.0229. The lowest BCUT2D eigenvalue weighted by atomic mass is 9.64.